The smallest absolute Gasteiger partial charge is 0.386 e. The maximum atomic E-state index is 12.5. The van der Waals surface area contributed by atoms with Gasteiger partial charge in [0, 0.05) is 0 Å². The molecule has 0 spiro atoms. The van der Waals surface area contributed by atoms with Gasteiger partial charge in [-0.05, 0) is 17.7 Å². The molecule has 16 heavy (non-hydrogen) atoms. The van der Waals surface area contributed by atoms with Crippen LogP contribution in [0.4, 0.5) is 13.2 Å². The molecule has 0 heterocycles. The number of hydrogen-bond donors (Lipinski definition) is 1. The van der Waals surface area contributed by atoms with E-state index in [0.717, 1.165) is 12.1 Å². The number of benzene rings is 1. The summed E-state index contributed by atoms with van der Waals surface area (Å²) in [6, 6.07) is 3.00. The lowest BCUT2D eigenvalue weighted by Gasteiger charge is -2.15. The summed E-state index contributed by atoms with van der Waals surface area (Å²) < 4.78 is 37.4. The van der Waals surface area contributed by atoms with Crippen molar-refractivity contribution < 1.29 is 18.3 Å². The van der Waals surface area contributed by atoms with Gasteiger partial charge >= 0.3 is 6.18 Å². The molecule has 1 rings (SSSR count). The Labute approximate surface area is 105 Å². The normalized spacial score (nSPS) is 14.2. The van der Waals surface area contributed by atoms with Crippen LogP contribution in [0.2, 0.25) is 5.02 Å². The first-order chi connectivity index (χ1) is 7.23. The van der Waals surface area contributed by atoms with Crippen LogP contribution in [0.3, 0.4) is 0 Å². The lowest BCUT2D eigenvalue weighted by atomic mass is 10.1. The van der Waals surface area contributed by atoms with Gasteiger partial charge in [0.25, 0.3) is 0 Å². The number of halogens is 6. The third kappa shape index (κ3) is 3.17. The lowest BCUT2D eigenvalue weighted by molar-refractivity contribution is -0.137. The number of hydrogen-bond acceptors (Lipinski definition) is 1. The average Bonchev–Trinajstić information content (AvgIpc) is 2.15. The Morgan fingerprint density at radius 3 is 2.19 bits per heavy atom. The fraction of sp³-hybridized carbons (Fsp3) is 0.333. The average molecular weight is 293 g/mol. The van der Waals surface area contributed by atoms with Gasteiger partial charge in [0.1, 0.15) is 10.9 Å². The van der Waals surface area contributed by atoms with Crippen LogP contribution in [0.1, 0.15) is 17.2 Å². The first kappa shape index (κ1) is 13.9. The van der Waals surface area contributed by atoms with E-state index in [0.29, 0.717) is 0 Å². The zero-order valence-electron chi connectivity index (χ0n) is 7.60. The molecule has 1 atom stereocenters. The van der Waals surface area contributed by atoms with Crippen molar-refractivity contribution in [2.24, 2.45) is 0 Å². The lowest BCUT2D eigenvalue weighted by Crippen LogP contribution is -2.10. The van der Waals surface area contributed by atoms with Crippen molar-refractivity contribution in [3.8, 4) is 0 Å². The summed E-state index contributed by atoms with van der Waals surface area (Å²) in [6.07, 6.45) is -5.97. The molecular formula is C9H6Cl3F3O. The fourth-order valence-corrected chi connectivity index (χ4v) is 1.61. The molecule has 0 fully saturated rings. The minimum atomic E-state index is -4.58. The van der Waals surface area contributed by atoms with E-state index < -0.39 is 27.7 Å². The molecule has 0 aliphatic carbocycles. The van der Waals surface area contributed by atoms with Gasteiger partial charge in [0.15, 0.2) is 0 Å². The maximum Gasteiger partial charge on any atom is 0.417 e. The zero-order chi connectivity index (χ0) is 12.5. The summed E-state index contributed by atoms with van der Waals surface area (Å²) in [5, 5.41) is 8.96. The van der Waals surface area contributed by atoms with E-state index in [2.05, 4.69) is 0 Å². The third-order valence-electron chi connectivity index (χ3n) is 1.88. The molecule has 1 unspecified atom stereocenters. The monoisotopic (exact) mass is 292 g/mol. The standard InChI is InChI=1S/C9H6Cl3F3O/c10-6-2-1-4(7(16)8(11)12)3-5(6)9(13,14)15/h1-3,7-8,16H. The van der Waals surface area contributed by atoms with Crippen LogP contribution < -0.4 is 0 Å². The zero-order valence-corrected chi connectivity index (χ0v) is 9.87. The highest BCUT2D eigenvalue weighted by molar-refractivity contribution is 6.44. The van der Waals surface area contributed by atoms with E-state index in [9.17, 15) is 18.3 Å². The van der Waals surface area contributed by atoms with Crippen LogP contribution in [0.25, 0.3) is 0 Å². The van der Waals surface area contributed by atoms with Crippen LogP contribution in [-0.2, 0) is 6.18 Å². The van der Waals surface area contributed by atoms with Crippen LogP contribution in [0.5, 0.6) is 0 Å². The largest absolute Gasteiger partial charge is 0.417 e. The highest BCUT2D eigenvalue weighted by atomic mass is 35.5. The predicted molar refractivity (Wildman–Crippen MR) is 56.9 cm³/mol. The number of rotatable bonds is 2. The van der Waals surface area contributed by atoms with Crippen LogP contribution in [0, 0.1) is 0 Å². The summed E-state index contributed by atoms with van der Waals surface area (Å²) in [7, 11) is 0. The van der Waals surface area contributed by atoms with Crippen molar-refractivity contribution in [2.75, 3.05) is 0 Å². The predicted octanol–water partition coefficient (Wildman–Crippen LogP) is 4.20. The van der Waals surface area contributed by atoms with Crippen molar-refractivity contribution in [2.45, 2.75) is 17.1 Å². The van der Waals surface area contributed by atoms with E-state index in [4.69, 9.17) is 34.8 Å². The maximum absolute atomic E-state index is 12.5. The molecule has 1 aromatic carbocycles. The van der Waals surface area contributed by atoms with E-state index in [1.54, 1.807) is 0 Å². The van der Waals surface area contributed by atoms with E-state index >= 15 is 0 Å². The quantitative estimate of drug-likeness (QED) is 0.810. The van der Waals surface area contributed by atoms with Gasteiger partial charge in [-0.25, -0.2) is 0 Å². The first-order valence-electron chi connectivity index (χ1n) is 4.06. The molecule has 0 aromatic heterocycles. The highest BCUT2D eigenvalue weighted by Crippen LogP contribution is 2.37. The minimum Gasteiger partial charge on any atom is -0.386 e. The van der Waals surface area contributed by atoms with Gasteiger partial charge in [-0.3, -0.25) is 0 Å². The molecule has 7 heteroatoms. The molecule has 0 aliphatic rings. The molecule has 0 radical (unpaired) electrons. The second-order valence-corrected chi connectivity index (χ2v) is 4.59. The second-order valence-electron chi connectivity index (χ2n) is 3.02. The molecule has 1 N–H and O–H groups in total. The topological polar surface area (TPSA) is 20.2 Å². The Bertz CT molecular complexity index is 379. The Kier molecular flexibility index (Phi) is 4.35. The van der Waals surface area contributed by atoms with Crippen LogP contribution in [0.15, 0.2) is 18.2 Å². The molecule has 90 valence electrons. The van der Waals surface area contributed by atoms with Gasteiger partial charge in [-0.15, -0.1) is 23.2 Å². The molecular weight excluding hydrogens is 287 g/mol. The number of alkyl halides is 5. The van der Waals surface area contributed by atoms with E-state index in [1.165, 1.54) is 6.07 Å². The third-order valence-corrected chi connectivity index (χ3v) is 2.68. The Morgan fingerprint density at radius 1 is 1.19 bits per heavy atom. The minimum absolute atomic E-state index is 0.0354. The second kappa shape index (κ2) is 5.00. The fourth-order valence-electron chi connectivity index (χ4n) is 1.09. The SMILES string of the molecule is OC(c1ccc(Cl)c(C(F)(F)F)c1)C(Cl)Cl. The van der Waals surface area contributed by atoms with Crippen LogP contribution in [-0.4, -0.2) is 9.94 Å². The van der Waals surface area contributed by atoms with Crippen molar-refractivity contribution >= 4 is 34.8 Å². The summed E-state index contributed by atoms with van der Waals surface area (Å²) in [4.78, 5) is -1.21. The van der Waals surface area contributed by atoms with Crippen molar-refractivity contribution in [3.63, 3.8) is 0 Å². The molecule has 1 nitrogen and oxygen atoms in total. The van der Waals surface area contributed by atoms with Gasteiger partial charge < -0.3 is 5.11 Å². The molecule has 1 aromatic rings. The molecule has 0 bridgehead atoms. The summed E-state index contributed by atoms with van der Waals surface area (Å²) in [5.74, 6) is 0. The molecule has 0 saturated carbocycles. The Hall–Kier alpha value is -0.160. The Balaban J connectivity index is 3.18. The Morgan fingerprint density at radius 2 is 1.75 bits per heavy atom. The van der Waals surface area contributed by atoms with Crippen molar-refractivity contribution in [1.29, 1.82) is 0 Å². The number of aliphatic hydroxyl groups excluding tert-OH is 1. The van der Waals surface area contributed by atoms with E-state index in [1.807, 2.05) is 0 Å². The highest BCUT2D eigenvalue weighted by Gasteiger charge is 2.34. The first-order valence-corrected chi connectivity index (χ1v) is 5.31. The van der Waals surface area contributed by atoms with Gasteiger partial charge in [-0.1, -0.05) is 17.7 Å². The van der Waals surface area contributed by atoms with Crippen LogP contribution >= 0.6 is 34.8 Å². The molecule has 0 aliphatic heterocycles. The van der Waals surface area contributed by atoms with Gasteiger partial charge in [0.05, 0.1) is 10.6 Å². The number of aliphatic hydroxyl groups is 1. The summed E-state index contributed by atoms with van der Waals surface area (Å²) in [6.45, 7) is 0. The van der Waals surface area contributed by atoms with Gasteiger partial charge in [-0.2, -0.15) is 13.2 Å². The summed E-state index contributed by atoms with van der Waals surface area (Å²) in [5.41, 5.74) is -1.06. The van der Waals surface area contributed by atoms with Crippen molar-refractivity contribution in [1.82, 2.24) is 0 Å². The van der Waals surface area contributed by atoms with Crippen molar-refractivity contribution in [3.05, 3.63) is 34.3 Å². The molecule has 0 amide bonds. The summed E-state index contributed by atoms with van der Waals surface area (Å²) >= 11 is 16.1. The van der Waals surface area contributed by atoms with E-state index in [-0.39, 0.29) is 5.56 Å². The molecule has 0 saturated heterocycles. The van der Waals surface area contributed by atoms with Gasteiger partial charge in [0.2, 0.25) is 0 Å².